The van der Waals surface area contributed by atoms with Crippen LogP contribution >= 0.6 is 0 Å². The summed E-state index contributed by atoms with van der Waals surface area (Å²) < 4.78 is 33.4. The quantitative estimate of drug-likeness (QED) is 0.730. The van der Waals surface area contributed by atoms with Crippen LogP contribution in [0.5, 0.6) is 0 Å². The van der Waals surface area contributed by atoms with Crippen molar-refractivity contribution in [3.63, 3.8) is 0 Å². The Morgan fingerprint density at radius 2 is 1.97 bits per heavy atom. The van der Waals surface area contributed by atoms with E-state index in [1.807, 2.05) is 44.5 Å². The molecule has 152 valence electrons. The van der Waals surface area contributed by atoms with E-state index in [9.17, 15) is 4.39 Å². The van der Waals surface area contributed by atoms with Crippen molar-refractivity contribution in [2.24, 2.45) is 12.8 Å². The normalized spacial score (nSPS) is 16.1. The molecular formula is C22H25F2N5. The molecule has 1 aromatic carbocycles. The van der Waals surface area contributed by atoms with E-state index < -0.39 is 6.17 Å². The van der Waals surface area contributed by atoms with E-state index in [-0.39, 0.29) is 12.2 Å². The molecule has 0 saturated heterocycles. The maximum atomic E-state index is 15.2. The topological polar surface area (TPSA) is 61.7 Å². The standard InChI is InChI=1S/C22H25F2N5/c1-12-13(2)29(21-10-17-14(3)28(4)27-20(17)11-19(21)24)22(26-12)16-6-5-15(7-8-25)18(23)9-16/h5-6,9-10,19H,7-8,11,25H2,1-4H3. The fourth-order valence-electron chi connectivity index (χ4n) is 3.91. The van der Waals surface area contributed by atoms with Gasteiger partial charge in [0.2, 0.25) is 0 Å². The van der Waals surface area contributed by atoms with Gasteiger partial charge in [-0.1, -0.05) is 12.1 Å². The summed E-state index contributed by atoms with van der Waals surface area (Å²) in [4.78, 5) is 4.63. The molecule has 5 nitrogen and oxygen atoms in total. The molecule has 7 heteroatoms. The van der Waals surface area contributed by atoms with Gasteiger partial charge in [0.25, 0.3) is 0 Å². The summed E-state index contributed by atoms with van der Waals surface area (Å²) in [5.74, 6) is 0.217. The summed E-state index contributed by atoms with van der Waals surface area (Å²) in [6.45, 7) is 6.14. The van der Waals surface area contributed by atoms with Gasteiger partial charge in [-0.2, -0.15) is 5.10 Å². The lowest BCUT2D eigenvalue weighted by Crippen LogP contribution is -2.19. The number of benzene rings is 1. The average Bonchev–Trinajstić information content (AvgIpc) is 3.12. The minimum atomic E-state index is -1.22. The van der Waals surface area contributed by atoms with E-state index in [1.165, 1.54) is 6.07 Å². The SMILES string of the molecule is Cc1nc(-c2ccc(CCN)c(F)c2)n(C2=Cc3c(nn(C)c3C)CC2F)c1C. The molecule has 2 N–H and O–H groups in total. The first-order valence-electron chi connectivity index (χ1n) is 9.75. The third kappa shape index (κ3) is 3.19. The third-order valence-corrected chi connectivity index (χ3v) is 5.77. The molecule has 4 rings (SSSR count). The van der Waals surface area contributed by atoms with Crippen molar-refractivity contribution in [3.8, 4) is 11.4 Å². The number of nitrogens with two attached hydrogens (primary N) is 1. The van der Waals surface area contributed by atoms with Crippen LogP contribution in [0.2, 0.25) is 0 Å². The van der Waals surface area contributed by atoms with Gasteiger partial charge < -0.3 is 5.73 Å². The van der Waals surface area contributed by atoms with Crippen molar-refractivity contribution in [3.05, 3.63) is 57.9 Å². The number of aromatic nitrogens is 4. The molecular weight excluding hydrogens is 372 g/mol. The molecule has 0 fully saturated rings. The van der Waals surface area contributed by atoms with Crippen LogP contribution in [0.4, 0.5) is 8.78 Å². The first kappa shape index (κ1) is 19.5. The number of imidazole rings is 1. The van der Waals surface area contributed by atoms with Gasteiger partial charge in [-0.25, -0.2) is 13.8 Å². The molecule has 29 heavy (non-hydrogen) atoms. The summed E-state index contributed by atoms with van der Waals surface area (Å²) >= 11 is 0. The van der Waals surface area contributed by atoms with Gasteiger partial charge in [0, 0.05) is 36.0 Å². The van der Waals surface area contributed by atoms with Gasteiger partial charge in [-0.15, -0.1) is 0 Å². The van der Waals surface area contributed by atoms with E-state index in [2.05, 4.69) is 10.1 Å². The Labute approximate surface area is 168 Å². The van der Waals surface area contributed by atoms with Gasteiger partial charge in [0.05, 0.1) is 17.1 Å². The van der Waals surface area contributed by atoms with Crippen molar-refractivity contribution in [2.75, 3.05) is 6.54 Å². The van der Waals surface area contributed by atoms with Crippen LogP contribution in [-0.4, -0.2) is 32.0 Å². The van der Waals surface area contributed by atoms with E-state index in [1.54, 1.807) is 10.7 Å². The summed E-state index contributed by atoms with van der Waals surface area (Å²) in [7, 11) is 1.86. The number of halogens is 2. The van der Waals surface area contributed by atoms with Crippen molar-refractivity contribution >= 4 is 11.8 Å². The van der Waals surface area contributed by atoms with E-state index in [0.29, 0.717) is 35.6 Å². The van der Waals surface area contributed by atoms with Crippen LogP contribution in [0.25, 0.3) is 23.2 Å². The minimum Gasteiger partial charge on any atom is -0.330 e. The number of fused-ring (bicyclic) bond motifs is 1. The number of rotatable bonds is 4. The molecule has 1 atom stereocenters. The monoisotopic (exact) mass is 397 g/mol. The molecule has 3 aromatic rings. The Morgan fingerprint density at radius 1 is 1.21 bits per heavy atom. The molecule has 0 aliphatic heterocycles. The average molecular weight is 397 g/mol. The highest BCUT2D eigenvalue weighted by Gasteiger charge is 2.29. The van der Waals surface area contributed by atoms with Crippen LogP contribution in [-0.2, 0) is 19.9 Å². The summed E-state index contributed by atoms with van der Waals surface area (Å²) in [6, 6.07) is 5.01. The number of nitrogens with zero attached hydrogens (tertiary/aromatic N) is 4. The second-order valence-electron chi connectivity index (χ2n) is 7.60. The summed E-state index contributed by atoms with van der Waals surface area (Å²) in [5, 5.41) is 4.42. The highest BCUT2D eigenvalue weighted by Crippen LogP contribution is 2.35. The summed E-state index contributed by atoms with van der Waals surface area (Å²) in [6.07, 6.45) is 1.31. The van der Waals surface area contributed by atoms with Crippen molar-refractivity contribution in [1.82, 2.24) is 19.3 Å². The first-order chi connectivity index (χ1) is 13.8. The highest BCUT2D eigenvalue weighted by atomic mass is 19.1. The van der Waals surface area contributed by atoms with Crippen molar-refractivity contribution in [1.29, 1.82) is 0 Å². The number of alkyl halides is 1. The number of hydrogen-bond acceptors (Lipinski definition) is 3. The largest absolute Gasteiger partial charge is 0.330 e. The lowest BCUT2D eigenvalue weighted by Gasteiger charge is -2.21. The minimum absolute atomic E-state index is 0.211. The second-order valence-corrected chi connectivity index (χ2v) is 7.60. The van der Waals surface area contributed by atoms with Crippen LogP contribution < -0.4 is 5.73 Å². The van der Waals surface area contributed by atoms with E-state index >= 15 is 4.39 Å². The van der Waals surface area contributed by atoms with E-state index in [4.69, 9.17) is 5.73 Å². The van der Waals surface area contributed by atoms with Gasteiger partial charge >= 0.3 is 0 Å². The van der Waals surface area contributed by atoms with Crippen LogP contribution in [0.15, 0.2) is 18.2 Å². The van der Waals surface area contributed by atoms with Crippen LogP contribution in [0.1, 0.15) is 33.9 Å². The lowest BCUT2D eigenvalue weighted by atomic mass is 9.98. The highest BCUT2D eigenvalue weighted by molar-refractivity contribution is 5.81. The molecule has 0 spiro atoms. The Hall–Kier alpha value is -2.80. The Balaban J connectivity index is 1.88. The Morgan fingerprint density at radius 3 is 2.66 bits per heavy atom. The van der Waals surface area contributed by atoms with Gasteiger partial charge in [0.1, 0.15) is 17.8 Å². The smallest absolute Gasteiger partial charge is 0.146 e. The zero-order chi connectivity index (χ0) is 20.9. The molecule has 0 saturated carbocycles. The Kier molecular flexibility index (Phi) is 4.86. The maximum absolute atomic E-state index is 15.2. The maximum Gasteiger partial charge on any atom is 0.146 e. The summed E-state index contributed by atoms with van der Waals surface area (Å²) in [5.41, 5.74) is 11.5. The first-order valence-corrected chi connectivity index (χ1v) is 9.75. The molecule has 0 radical (unpaired) electrons. The van der Waals surface area contributed by atoms with Gasteiger partial charge in [-0.3, -0.25) is 9.25 Å². The zero-order valence-electron chi connectivity index (χ0n) is 17.1. The predicted molar refractivity (Wildman–Crippen MR) is 111 cm³/mol. The molecule has 1 aliphatic rings. The Bertz CT molecular complexity index is 1120. The molecule has 0 bridgehead atoms. The second kappa shape index (κ2) is 7.22. The van der Waals surface area contributed by atoms with Gasteiger partial charge in [0.15, 0.2) is 0 Å². The lowest BCUT2D eigenvalue weighted by molar-refractivity contribution is 0.394. The third-order valence-electron chi connectivity index (χ3n) is 5.77. The number of hydrogen-bond donors (Lipinski definition) is 1. The van der Waals surface area contributed by atoms with Crippen LogP contribution in [0.3, 0.4) is 0 Å². The fourth-order valence-corrected chi connectivity index (χ4v) is 3.91. The fraction of sp³-hybridized carbons (Fsp3) is 0.364. The number of aryl methyl sites for hydroxylation is 2. The van der Waals surface area contributed by atoms with Crippen LogP contribution in [0, 0.1) is 26.6 Å². The molecule has 2 heterocycles. The van der Waals surface area contributed by atoms with Crippen molar-refractivity contribution < 1.29 is 8.78 Å². The van der Waals surface area contributed by atoms with E-state index in [0.717, 1.165) is 28.3 Å². The zero-order valence-corrected chi connectivity index (χ0v) is 17.1. The molecule has 1 unspecified atom stereocenters. The van der Waals surface area contributed by atoms with Crippen molar-refractivity contribution in [2.45, 2.75) is 39.8 Å². The molecule has 1 aliphatic carbocycles. The molecule has 0 amide bonds. The number of allylic oxidation sites excluding steroid dienone is 1. The molecule has 2 aromatic heterocycles. The van der Waals surface area contributed by atoms with Gasteiger partial charge in [-0.05, 0) is 51.4 Å². The predicted octanol–water partition coefficient (Wildman–Crippen LogP) is 3.74.